The van der Waals surface area contributed by atoms with Gasteiger partial charge in [0.05, 0.1) is 6.04 Å². The lowest BCUT2D eigenvalue weighted by atomic mass is 10.0. The maximum absolute atomic E-state index is 12.9. The molecule has 0 rings (SSSR count). The van der Waals surface area contributed by atoms with Gasteiger partial charge in [0, 0.05) is 12.8 Å². The number of hydrogen-bond acceptors (Lipinski definition) is 8. The van der Waals surface area contributed by atoms with Gasteiger partial charge in [-0.05, 0) is 38.1 Å². The number of aliphatic carboxylic acids is 1. The zero-order valence-corrected chi connectivity index (χ0v) is 20.2. The fourth-order valence-corrected chi connectivity index (χ4v) is 3.07. The molecule has 4 atom stereocenters. The van der Waals surface area contributed by atoms with E-state index in [-0.39, 0.29) is 25.7 Å². The molecule has 0 aromatic heterocycles. The summed E-state index contributed by atoms with van der Waals surface area (Å²) < 4.78 is 0. The lowest BCUT2D eigenvalue weighted by Gasteiger charge is -2.27. The van der Waals surface area contributed by atoms with Gasteiger partial charge in [-0.15, -0.1) is 0 Å². The molecule has 0 spiro atoms. The van der Waals surface area contributed by atoms with E-state index < -0.39 is 65.6 Å². The van der Waals surface area contributed by atoms with Gasteiger partial charge in [-0.1, -0.05) is 20.3 Å². The van der Waals surface area contributed by atoms with Crippen molar-refractivity contribution in [1.29, 1.82) is 0 Å². The molecule has 0 aliphatic carbocycles. The molecule has 0 aliphatic rings. The van der Waals surface area contributed by atoms with Gasteiger partial charge in [-0.2, -0.15) is 0 Å². The van der Waals surface area contributed by atoms with Gasteiger partial charge in [-0.25, -0.2) is 4.79 Å². The Bertz CT molecular complexity index is 760. The number of carbonyl (C=O) groups is 6. The molecule has 0 saturated heterocycles. The minimum atomic E-state index is -1.45. The number of hydrogen-bond donors (Lipinski definition) is 8. The Morgan fingerprint density at radius 3 is 1.71 bits per heavy atom. The Labute approximate surface area is 204 Å². The zero-order chi connectivity index (χ0) is 27.1. The average Bonchev–Trinajstić information content (AvgIpc) is 2.76. The van der Waals surface area contributed by atoms with Gasteiger partial charge in [0.2, 0.25) is 29.5 Å². The molecule has 0 aromatic rings. The van der Waals surface area contributed by atoms with Crippen LogP contribution in [0.3, 0.4) is 0 Å². The number of primary amides is 2. The van der Waals surface area contributed by atoms with Crippen molar-refractivity contribution >= 4 is 35.5 Å². The lowest BCUT2D eigenvalue weighted by molar-refractivity contribution is -0.143. The minimum Gasteiger partial charge on any atom is -0.480 e. The number of carboxylic acid groups (broad SMARTS) is 1. The number of unbranched alkanes of at least 4 members (excludes halogenated alkanes) is 1. The van der Waals surface area contributed by atoms with E-state index in [1.54, 1.807) is 13.8 Å². The molecule has 0 saturated carbocycles. The second-order valence-corrected chi connectivity index (χ2v) is 8.59. The van der Waals surface area contributed by atoms with Crippen molar-refractivity contribution in [2.45, 2.75) is 83.0 Å². The third kappa shape index (κ3) is 13.3. The smallest absolute Gasteiger partial charge is 0.326 e. The molecule has 0 bridgehead atoms. The monoisotopic (exact) mass is 501 g/mol. The van der Waals surface area contributed by atoms with Crippen molar-refractivity contribution in [3.63, 3.8) is 0 Å². The van der Waals surface area contributed by atoms with E-state index in [4.69, 9.17) is 22.9 Å². The summed E-state index contributed by atoms with van der Waals surface area (Å²) in [6.07, 6.45) is 0.666. The standard InChI is InChI=1S/C21H39N7O7/c1-11(2)17(28-18(31)12(23)5-3-4-10-22)20(33)26-13(6-8-15(24)29)19(32)27-14(21(34)35)7-9-16(25)30/h11-14,17H,3-10,22-23H2,1-2H3,(H2,24,29)(H2,25,30)(H,26,33)(H,27,32)(H,28,31)(H,34,35). The molecule has 0 fully saturated rings. The summed E-state index contributed by atoms with van der Waals surface area (Å²) in [5.41, 5.74) is 21.5. The van der Waals surface area contributed by atoms with Gasteiger partial charge >= 0.3 is 5.97 Å². The Morgan fingerprint density at radius 1 is 0.743 bits per heavy atom. The van der Waals surface area contributed by atoms with Crippen LogP contribution in [0.25, 0.3) is 0 Å². The van der Waals surface area contributed by atoms with Crippen molar-refractivity contribution < 1.29 is 33.9 Å². The molecule has 14 nitrogen and oxygen atoms in total. The van der Waals surface area contributed by atoms with E-state index in [0.29, 0.717) is 25.8 Å². The Morgan fingerprint density at radius 2 is 1.26 bits per heavy atom. The van der Waals surface area contributed by atoms with Crippen LogP contribution in [0.2, 0.25) is 0 Å². The zero-order valence-electron chi connectivity index (χ0n) is 20.2. The predicted molar refractivity (Wildman–Crippen MR) is 126 cm³/mol. The SMILES string of the molecule is CC(C)C(NC(=O)C(N)CCCCN)C(=O)NC(CCC(N)=O)C(=O)NC(CCC(N)=O)C(=O)O. The highest BCUT2D eigenvalue weighted by Crippen LogP contribution is 2.08. The third-order valence-corrected chi connectivity index (χ3v) is 5.16. The number of nitrogens with two attached hydrogens (primary N) is 4. The average molecular weight is 502 g/mol. The summed E-state index contributed by atoms with van der Waals surface area (Å²) in [5, 5.41) is 16.5. The van der Waals surface area contributed by atoms with Gasteiger partial charge in [0.25, 0.3) is 0 Å². The highest BCUT2D eigenvalue weighted by molar-refractivity contribution is 5.94. The highest BCUT2D eigenvalue weighted by Gasteiger charge is 2.31. The summed E-state index contributed by atoms with van der Waals surface area (Å²) in [7, 11) is 0. The number of carbonyl (C=O) groups excluding carboxylic acids is 5. The summed E-state index contributed by atoms with van der Waals surface area (Å²) in [5.74, 6) is -5.46. The second-order valence-electron chi connectivity index (χ2n) is 8.59. The maximum atomic E-state index is 12.9. The van der Waals surface area contributed by atoms with Gasteiger partial charge < -0.3 is 44.0 Å². The van der Waals surface area contributed by atoms with E-state index in [9.17, 15) is 33.9 Å². The normalized spacial score (nSPS) is 14.3. The number of rotatable bonds is 18. The third-order valence-electron chi connectivity index (χ3n) is 5.16. The quantitative estimate of drug-likeness (QED) is 0.0898. The fourth-order valence-electron chi connectivity index (χ4n) is 3.07. The van der Waals surface area contributed by atoms with Gasteiger partial charge in [-0.3, -0.25) is 24.0 Å². The van der Waals surface area contributed by atoms with E-state index in [2.05, 4.69) is 16.0 Å². The van der Waals surface area contributed by atoms with Crippen molar-refractivity contribution in [2.75, 3.05) is 6.54 Å². The van der Waals surface area contributed by atoms with Crippen LogP contribution in [0.4, 0.5) is 0 Å². The molecule has 12 N–H and O–H groups in total. The van der Waals surface area contributed by atoms with Crippen LogP contribution in [0.1, 0.15) is 58.8 Å². The molecule has 0 aliphatic heterocycles. The number of carboxylic acids is 1. The fraction of sp³-hybridized carbons (Fsp3) is 0.714. The highest BCUT2D eigenvalue weighted by atomic mass is 16.4. The van der Waals surface area contributed by atoms with Crippen LogP contribution in [0.5, 0.6) is 0 Å². The van der Waals surface area contributed by atoms with Crippen LogP contribution >= 0.6 is 0 Å². The first-order valence-electron chi connectivity index (χ1n) is 11.5. The first-order chi connectivity index (χ1) is 16.3. The number of amides is 5. The molecule has 35 heavy (non-hydrogen) atoms. The molecule has 5 amide bonds. The Kier molecular flexibility index (Phi) is 14.9. The van der Waals surface area contributed by atoms with E-state index in [1.807, 2.05) is 0 Å². The van der Waals surface area contributed by atoms with Crippen molar-refractivity contribution in [2.24, 2.45) is 28.9 Å². The predicted octanol–water partition coefficient (Wildman–Crippen LogP) is -2.83. The molecular formula is C21H39N7O7. The summed E-state index contributed by atoms with van der Waals surface area (Å²) in [4.78, 5) is 71.8. The molecular weight excluding hydrogens is 462 g/mol. The molecule has 0 heterocycles. The van der Waals surface area contributed by atoms with Crippen LogP contribution in [-0.2, 0) is 28.8 Å². The molecule has 0 radical (unpaired) electrons. The van der Waals surface area contributed by atoms with Crippen LogP contribution in [0, 0.1) is 5.92 Å². The Hall–Kier alpha value is -3.26. The largest absolute Gasteiger partial charge is 0.480 e. The van der Waals surface area contributed by atoms with Crippen molar-refractivity contribution in [1.82, 2.24) is 16.0 Å². The van der Waals surface area contributed by atoms with Gasteiger partial charge in [0.15, 0.2) is 0 Å². The Balaban J connectivity index is 5.43. The summed E-state index contributed by atoms with van der Waals surface area (Å²) in [6.45, 7) is 3.81. The van der Waals surface area contributed by atoms with E-state index >= 15 is 0 Å². The van der Waals surface area contributed by atoms with Crippen LogP contribution in [0.15, 0.2) is 0 Å². The summed E-state index contributed by atoms with van der Waals surface area (Å²) in [6, 6.07) is -4.69. The molecule has 14 heteroatoms. The summed E-state index contributed by atoms with van der Waals surface area (Å²) >= 11 is 0. The minimum absolute atomic E-state index is 0.216. The molecule has 200 valence electrons. The first-order valence-corrected chi connectivity index (χ1v) is 11.5. The van der Waals surface area contributed by atoms with Gasteiger partial charge in [0.1, 0.15) is 18.1 Å². The van der Waals surface area contributed by atoms with Crippen molar-refractivity contribution in [3.05, 3.63) is 0 Å². The maximum Gasteiger partial charge on any atom is 0.326 e. The molecule has 4 unspecified atom stereocenters. The lowest BCUT2D eigenvalue weighted by Crippen LogP contribution is -2.58. The molecule has 0 aromatic carbocycles. The first kappa shape index (κ1) is 31.7. The van der Waals surface area contributed by atoms with Crippen LogP contribution < -0.4 is 38.9 Å². The number of nitrogens with one attached hydrogen (secondary N) is 3. The van der Waals surface area contributed by atoms with Crippen LogP contribution in [-0.4, -0.2) is 71.3 Å². The van der Waals surface area contributed by atoms with Crippen molar-refractivity contribution in [3.8, 4) is 0 Å². The topological polar surface area (TPSA) is 263 Å². The van der Waals surface area contributed by atoms with E-state index in [1.165, 1.54) is 0 Å². The second kappa shape index (κ2) is 16.4. The van der Waals surface area contributed by atoms with E-state index in [0.717, 1.165) is 0 Å².